The van der Waals surface area contributed by atoms with Crippen LogP contribution >= 0.6 is 0 Å². The first-order valence-electron chi connectivity index (χ1n) is 11.7. The molecule has 1 atom stereocenters. The maximum atomic E-state index is 12.6. The highest BCUT2D eigenvalue weighted by Crippen LogP contribution is 2.17. The molecule has 1 aromatic heterocycles. The molecule has 2 aromatic carbocycles. The predicted molar refractivity (Wildman–Crippen MR) is 138 cm³/mol. The Labute approximate surface area is 225 Å². The molecule has 210 valence electrons. The number of carbonyl (C=O) groups excluding carboxylic acids is 3. The minimum absolute atomic E-state index is 0.00373. The van der Waals surface area contributed by atoms with E-state index >= 15 is 0 Å². The Morgan fingerprint density at radius 1 is 1.05 bits per heavy atom. The van der Waals surface area contributed by atoms with E-state index in [0.717, 1.165) is 22.3 Å². The van der Waals surface area contributed by atoms with Crippen molar-refractivity contribution in [1.82, 2.24) is 20.2 Å². The molecule has 40 heavy (non-hydrogen) atoms. The van der Waals surface area contributed by atoms with Crippen molar-refractivity contribution in [3.05, 3.63) is 103 Å². The van der Waals surface area contributed by atoms with Crippen LogP contribution in [0.15, 0.2) is 70.4 Å². The summed E-state index contributed by atoms with van der Waals surface area (Å²) in [5, 5.41) is 15.7. The van der Waals surface area contributed by atoms with Gasteiger partial charge in [-0.25, -0.2) is 14.4 Å². The van der Waals surface area contributed by atoms with E-state index in [1.165, 1.54) is 25.3 Å². The van der Waals surface area contributed by atoms with E-state index in [2.05, 4.69) is 15.6 Å². The molecule has 0 saturated carbocycles. The third-order valence-corrected chi connectivity index (χ3v) is 5.22. The Morgan fingerprint density at radius 2 is 1.75 bits per heavy atom. The molecule has 15 nitrogen and oxygen atoms in total. The second kappa shape index (κ2) is 13.9. The van der Waals surface area contributed by atoms with Crippen molar-refractivity contribution in [2.45, 2.75) is 26.1 Å². The Morgan fingerprint density at radius 3 is 2.42 bits per heavy atom. The first kappa shape index (κ1) is 29.1. The Balaban J connectivity index is 1.59. The van der Waals surface area contributed by atoms with Crippen LogP contribution in [0.25, 0.3) is 0 Å². The van der Waals surface area contributed by atoms with Gasteiger partial charge in [0.2, 0.25) is 5.91 Å². The van der Waals surface area contributed by atoms with E-state index in [4.69, 9.17) is 14.2 Å². The van der Waals surface area contributed by atoms with Gasteiger partial charge in [-0.05, 0) is 24.6 Å². The fraction of sp³-hybridized carbons (Fsp3) is 0.240. The molecule has 3 N–H and O–H groups in total. The number of non-ortho nitro benzene ring substituents is 1. The van der Waals surface area contributed by atoms with Crippen LogP contribution < -0.4 is 26.6 Å². The number of ether oxygens (including phenoxy) is 3. The number of rotatable bonds is 11. The number of nitro benzene ring substituents is 1. The molecule has 0 bridgehead atoms. The summed E-state index contributed by atoms with van der Waals surface area (Å²) < 4.78 is 16.1. The summed E-state index contributed by atoms with van der Waals surface area (Å²) in [6.07, 6.45) is -0.760. The van der Waals surface area contributed by atoms with Crippen LogP contribution in [0.5, 0.6) is 5.75 Å². The van der Waals surface area contributed by atoms with Crippen molar-refractivity contribution in [3.8, 4) is 5.75 Å². The van der Waals surface area contributed by atoms with Gasteiger partial charge in [0.1, 0.15) is 25.5 Å². The van der Waals surface area contributed by atoms with Crippen LogP contribution in [-0.4, -0.2) is 51.8 Å². The van der Waals surface area contributed by atoms with Crippen LogP contribution in [-0.2, 0) is 27.4 Å². The van der Waals surface area contributed by atoms with Crippen LogP contribution in [0.4, 0.5) is 15.3 Å². The van der Waals surface area contributed by atoms with Crippen LogP contribution in [0.1, 0.15) is 11.1 Å². The molecule has 0 aliphatic rings. The number of hydrogen-bond acceptors (Lipinski definition) is 10. The Kier molecular flexibility index (Phi) is 10.1. The molecular formula is C25H25N5O10. The number of aryl methyl sites for hydroxylation is 1. The van der Waals surface area contributed by atoms with Gasteiger partial charge in [0, 0.05) is 30.4 Å². The van der Waals surface area contributed by atoms with Gasteiger partial charge in [0.15, 0.2) is 0 Å². The molecule has 0 spiro atoms. The minimum atomic E-state index is -1.17. The zero-order chi connectivity index (χ0) is 29.1. The fourth-order valence-corrected chi connectivity index (χ4v) is 3.23. The van der Waals surface area contributed by atoms with Gasteiger partial charge in [-0.3, -0.25) is 29.3 Å². The second-order valence-electron chi connectivity index (χ2n) is 8.32. The van der Waals surface area contributed by atoms with Crippen LogP contribution in [0.2, 0.25) is 0 Å². The zero-order valence-corrected chi connectivity index (χ0v) is 21.2. The van der Waals surface area contributed by atoms with E-state index in [0.29, 0.717) is 0 Å². The largest absolute Gasteiger partial charge is 0.513 e. The van der Waals surface area contributed by atoms with Gasteiger partial charge in [-0.2, -0.15) is 0 Å². The van der Waals surface area contributed by atoms with Crippen molar-refractivity contribution < 1.29 is 33.5 Å². The third-order valence-electron chi connectivity index (χ3n) is 5.22. The highest BCUT2D eigenvalue weighted by Gasteiger charge is 2.19. The number of aromatic nitrogens is 2. The summed E-state index contributed by atoms with van der Waals surface area (Å²) in [5.74, 6) is -0.711. The number of amides is 2. The Hall–Kier alpha value is -5.47. The quantitative estimate of drug-likeness (QED) is 0.134. The topological polar surface area (TPSA) is 201 Å². The van der Waals surface area contributed by atoms with Crippen molar-refractivity contribution >= 4 is 23.8 Å². The lowest BCUT2D eigenvalue weighted by molar-refractivity contribution is -0.384. The van der Waals surface area contributed by atoms with Gasteiger partial charge in [0.25, 0.3) is 11.2 Å². The summed E-state index contributed by atoms with van der Waals surface area (Å²) in [6.45, 7) is 0.291. The van der Waals surface area contributed by atoms with Crippen molar-refractivity contribution in [2.24, 2.45) is 0 Å². The fourth-order valence-electron chi connectivity index (χ4n) is 3.23. The smallest absolute Gasteiger partial charge is 0.445 e. The van der Waals surface area contributed by atoms with Crippen molar-refractivity contribution in [1.29, 1.82) is 0 Å². The maximum Gasteiger partial charge on any atom is 0.513 e. The van der Waals surface area contributed by atoms with E-state index in [1.54, 1.807) is 24.3 Å². The molecule has 0 aliphatic heterocycles. The number of alkyl carbamates (subject to hydrolysis) is 1. The standard InChI is InChI=1S/C25H25N5O10/c1-16-12-29(23(33)28-22(16)32)13-21(31)27-18(11-26-24(34)38-14-17-5-3-2-4-6-17)15-39-25(35)40-20-9-7-19(8-10-20)30(36)37/h2-10,12,18H,11,13-15H2,1H3,(H,26,34)(H,27,31)(H,28,32,33)/t18-/m1/s1. The molecule has 15 heteroatoms. The summed E-state index contributed by atoms with van der Waals surface area (Å²) in [6, 6.07) is 12.6. The number of hydrogen-bond donors (Lipinski definition) is 3. The number of benzene rings is 2. The lowest BCUT2D eigenvalue weighted by atomic mass is 10.2. The van der Waals surface area contributed by atoms with E-state index in [1.807, 2.05) is 6.07 Å². The van der Waals surface area contributed by atoms with Crippen molar-refractivity contribution in [3.63, 3.8) is 0 Å². The predicted octanol–water partition coefficient (Wildman–Crippen LogP) is 1.38. The summed E-state index contributed by atoms with van der Waals surface area (Å²) >= 11 is 0. The van der Waals surface area contributed by atoms with Crippen molar-refractivity contribution in [2.75, 3.05) is 13.2 Å². The lowest BCUT2D eigenvalue weighted by Crippen LogP contribution is -2.48. The minimum Gasteiger partial charge on any atom is -0.445 e. The lowest BCUT2D eigenvalue weighted by Gasteiger charge is -2.19. The number of nitro groups is 1. The van der Waals surface area contributed by atoms with E-state index in [-0.39, 0.29) is 30.2 Å². The van der Waals surface area contributed by atoms with E-state index < -0.39 is 53.5 Å². The molecule has 3 aromatic rings. The molecule has 0 radical (unpaired) electrons. The normalized spacial score (nSPS) is 11.1. The summed E-state index contributed by atoms with van der Waals surface area (Å²) in [7, 11) is 0. The van der Waals surface area contributed by atoms with Gasteiger partial charge in [-0.1, -0.05) is 30.3 Å². The number of carbonyl (C=O) groups is 3. The number of H-pyrrole nitrogens is 1. The summed E-state index contributed by atoms with van der Waals surface area (Å²) in [4.78, 5) is 72.7. The highest BCUT2D eigenvalue weighted by atomic mass is 16.7. The van der Waals surface area contributed by atoms with Crippen LogP contribution in [0.3, 0.4) is 0 Å². The summed E-state index contributed by atoms with van der Waals surface area (Å²) in [5.41, 5.74) is -0.624. The zero-order valence-electron chi connectivity index (χ0n) is 21.2. The molecule has 0 aliphatic carbocycles. The average molecular weight is 556 g/mol. The first-order chi connectivity index (χ1) is 19.1. The molecule has 2 amide bonds. The molecule has 0 fully saturated rings. The average Bonchev–Trinajstić information content (AvgIpc) is 2.93. The molecule has 1 heterocycles. The number of aromatic amines is 1. The third kappa shape index (κ3) is 9.13. The second-order valence-corrected chi connectivity index (χ2v) is 8.32. The maximum absolute atomic E-state index is 12.6. The molecule has 0 saturated heterocycles. The number of nitrogens with zero attached hydrogens (tertiary/aromatic N) is 2. The highest BCUT2D eigenvalue weighted by molar-refractivity contribution is 5.76. The van der Waals surface area contributed by atoms with Gasteiger partial charge < -0.3 is 24.8 Å². The Bertz CT molecular complexity index is 1470. The van der Waals surface area contributed by atoms with Gasteiger partial charge in [-0.15, -0.1) is 0 Å². The molecular weight excluding hydrogens is 530 g/mol. The van der Waals surface area contributed by atoms with E-state index in [9.17, 15) is 34.1 Å². The first-order valence-corrected chi connectivity index (χ1v) is 11.7. The van der Waals surface area contributed by atoms with Gasteiger partial charge in [0.05, 0.1) is 11.0 Å². The molecule has 3 rings (SSSR count). The number of nitrogens with one attached hydrogen (secondary N) is 3. The van der Waals surface area contributed by atoms with Gasteiger partial charge >= 0.3 is 17.9 Å². The molecule has 0 unspecified atom stereocenters. The van der Waals surface area contributed by atoms with Crippen LogP contribution in [0, 0.1) is 17.0 Å². The monoisotopic (exact) mass is 555 g/mol. The SMILES string of the molecule is Cc1cn(CC(=O)N[C@H](CNC(=O)OCc2ccccc2)COC(=O)Oc2ccc([N+](=O)[O-])cc2)c(=O)[nH]c1=O.